The van der Waals surface area contributed by atoms with Crippen LogP contribution in [0.1, 0.15) is 31.0 Å². The van der Waals surface area contributed by atoms with Crippen LogP contribution in [0.4, 0.5) is 0 Å². The average Bonchev–Trinajstić information content (AvgIpc) is 3.41. The molecule has 1 amide bonds. The first-order valence-electron chi connectivity index (χ1n) is 11.0. The van der Waals surface area contributed by atoms with E-state index in [0.717, 1.165) is 13.1 Å². The molecular weight excluding hydrogens is 424 g/mol. The number of nitrogens with zero attached hydrogens (tertiary/aromatic N) is 2. The molecule has 2 aromatic rings. The number of amides is 1. The van der Waals surface area contributed by atoms with Crippen molar-refractivity contribution >= 4 is 17.4 Å². The molecule has 8 heteroatoms. The second-order valence-electron chi connectivity index (χ2n) is 7.86. The predicted molar refractivity (Wildman–Crippen MR) is 122 cm³/mol. The third-order valence-electron chi connectivity index (χ3n) is 6.15. The summed E-state index contributed by atoms with van der Waals surface area (Å²) in [5.74, 6) is 0.0628. The molecule has 0 aliphatic carbocycles. The fourth-order valence-corrected chi connectivity index (χ4v) is 4.26. The highest BCUT2D eigenvalue weighted by Crippen LogP contribution is 2.41. The molecule has 33 heavy (non-hydrogen) atoms. The Kier molecular flexibility index (Phi) is 6.55. The predicted octanol–water partition coefficient (Wildman–Crippen LogP) is 3.19. The smallest absolute Gasteiger partial charge is 0.295 e. The van der Waals surface area contributed by atoms with Gasteiger partial charge in [-0.15, -0.1) is 0 Å². The van der Waals surface area contributed by atoms with Crippen LogP contribution in [0.2, 0.25) is 0 Å². The number of methoxy groups -OCH3 is 1. The number of aliphatic hydroxyl groups excluding tert-OH is 1. The van der Waals surface area contributed by atoms with Crippen LogP contribution in [0.15, 0.2) is 48.0 Å². The lowest BCUT2D eigenvalue weighted by molar-refractivity contribution is -0.140. The van der Waals surface area contributed by atoms with Gasteiger partial charge in [0.25, 0.3) is 11.7 Å². The van der Waals surface area contributed by atoms with Crippen molar-refractivity contribution in [2.24, 2.45) is 0 Å². The van der Waals surface area contributed by atoms with Gasteiger partial charge in [-0.2, -0.15) is 0 Å². The summed E-state index contributed by atoms with van der Waals surface area (Å²) < 4.78 is 16.1. The number of likely N-dealkylation sites (tertiary alicyclic amines) is 1. The molecule has 0 aromatic heterocycles. The molecule has 0 bridgehead atoms. The van der Waals surface area contributed by atoms with Gasteiger partial charge in [0.1, 0.15) is 11.5 Å². The summed E-state index contributed by atoms with van der Waals surface area (Å²) in [4.78, 5) is 30.0. The maximum absolute atomic E-state index is 13.2. The van der Waals surface area contributed by atoms with Gasteiger partial charge in [-0.05, 0) is 49.0 Å². The van der Waals surface area contributed by atoms with Crippen molar-refractivity contribution in [3.05, 3.63) is 59.2 Å². The molecule has 2 aromatic carbocycles. The zero-order valence-corrected chi connectivity index (χ0v) is 19.0. The Balaban J connectivity index is 1.80. The average molecular weight is 453 g/mol. The summed E-state index contributed by atoms with van der Waals surface area (Å²) in [7, 11) is 1.56. The topological polar surface area (TPSA) is 88.5 Å². The van der Waals surface area contributed by atoms with E-state index in [0.29, 0.717) is 41.5 Å². The molecule has 4 rings (SSSR count). The fraction of sp³-hybridized carbons (Fsp3) is 0.360. The lowest BCUT2D eigenvalue weighted by atomic mass is 9.95. The number of hydrogen-bond donors (Lipinski definition) is 1. The molecule has 8 nitrogen and oxygen atoms in total. The number of hydrogen-bond acceptors (Lipinski definition) is 7. The van der Waals surface area contributed by atoms with Crippen molar-refractivity contribution in [1.82, 2.24) is 9.80 Å². The molecule has 0 spiro atoms. The monoisotopic (exact) mass is 452 g/mol. The van der Waals surface area contributed by atoms with Crippen molar-refractivity contribution in [3.63, 3.8) is 0 Å². The molecule has 1 fully saturated rings. The first kappa shape index (κ1) is 22.7. The third-order valence-corrected chi connectivity index (χ3v) is 6.15. The van der Waals surface area contributed by atoms with Crippen LogP contribution in [0.25, 0.3) is 5.76 Å². The number of rotatable bonds is 8. The van der Waals surface area contributed by atoms with Crippen LogP contribution >= 0.6 is 0 Å². The van der Waals surface area contributed by atoms with Gasteiger partial charge in [-0.25, -0.2) is 0 Å². The van der Waals surface area contributed by atoms with Crippen molar-refractivity contribution < 1.29 is 28.9 Å². The van der Waals surface area contributed by atoms with Gasteiger partial charge in [0.2, 0.25) is 6.79 Å². The number of ketones is 1. The summed E-state index contributed by atoms with van der Waals surface area (Å²) >= 11 is 0. The number of benzene rings is 2. The molecule has 1 atom stereocenters. The highest BCUT2D eigenvalue weighted by Gasteiger charge is 2.46. The summed E-state index contributed by atoms with van der Waals surface area (Å²) in [5, 5.41) is 11.2. The van der Waals surface area contributed by atoms with Gasteiger partial charge < -0.3 is 29.1 Å². The molecule has 1 unspecified atom stereocenters. The highest BCUT2D eigenvalue weighted by molar-refractivity contribution is 6.46. The van der Waals surface area contributed by atoms with E-state index >= 15 is 0 Å². The zero-order chi connectivity index (χ0) is 23.5. The molecule has 2 heterocycles. The molecule has 2 aliphatic rings. The van der Waals surface area contributed by atoms with Crippen molar-refractivity contribution in [3.8, 4) is 17.2 Å². The van der Waals surface area contributed by atoms with Gasteiger partial charge >= 0.3 is 0 Å². The molecule has 1 saturated heterocycles. The maximum atomic E-state index is 13.2. The van der Waals surface area contributed by atoms with Crippen LogP contribution in [0.3, 0.4) is 0 Å². The van der Waals surface area contributed by atoms with E-state index in [9.17, 15) is 14.7 Å². The first-order valence-corrected chi connectivity index (χ1v) is 11.0. The van der Waals surface area contributed by atoms with Gasteiger partial charge in [0, 0.05) is 18.7 Å². The van der Waals surface area contributed by atoms with Gasteiger partial charge in [0.05, 0.1) is 18.7 Å². The van der Waals surface area contributed by atoms with Crippen LogP contribution in [-0.2, 0) is 9.59 Å². The van der Waals surface area contributed by atoms with Crippen LogP contribution < -0.4 is 14.2 Å². The van der Waals surface area contributed by atoms with Gasteiger partial charge in [-0.1, -0.05) is 26.0 Å². The Bertz CT molecular complexity index is 1090. The summed E-state index contributed by atoms with van der Waals surface area (Å²) in [5.41, 5.74) is 1.12. The first-order chi connectivity index (χ1) is 16.0. The number of aliphatic hydroxyl groups is 1. The van der Waals surface area contributed by atoms with E-state index in [-0.39, 0.29) is 18.1 Å². The second-order valence-corrected chi connectivity index (χ2v) is 7.86. The fourth-order valence-electron chi connectivity index (χ4n) is 4.26. The minimum Gasteiger partial charge on any atom is -0.507 e. The number of fused-ring (bicyclic) bond motifs is 1. The summed E-state index contributed by atoms with van der Waals surface area (Å²) in [6, 6.07) is 11.4. The number of ether oxygens (including phenoxy) is 3. The number of carbonyl (C=O) groups excluding carboxylic acids is 2. The molecule has 2 aliphatic heterocycles. The van der Waals surface area contributed by atoms with Crippen molar-refractivity contribution in [1.29, 1.82) is 0 Å². The van der Waals surface area contributed by atoms with Gasteiger partial charge in [0.15, 0.2) is 11.5 Å². The van der Waals surface area contributed by atoms with Crippen molar-refractivity contribution in [2.75, 3.05) is 40.1 Å². The minimum absolute atomic E-state index is 0.0478. The maximum Gasteiger partial charge on any atom is 0.295 e. The second kappa shape index (κ2) is 9.54. The largest absolute Gasteiger partial charge is 0.507 e. The number of carbonyl (C=O) groups is 2. The Morgan fingerprint density at radius 2 is 1.88 bits per heavy atom. The lowest BCUT2D eigenvalue weighted by Gasteiger charge is -2.28. The van der Waals surface area contributed by atoms with E-state index < -0.39 is 17.7 Å². The molecule has 1 N–H and O–H groups in total. The quantitative estimate of drug-likeness (QED) is 0.374. The Morgan fingerprint density at radius 3 is 2.61 bits per heavy atom. The van der Waals surface area contributed by atoms with Crippen LogP contribution in [-0.4, -0.2) is 66.7 Å². The summed E-state index contributed by atoms with van der Waals surface area (Å²) in [6.07, 6.45) is 0. The Morgan fingerprint density at radius 1 is 1.12 bits per heavy atom. The normalized spacial score (nSPS) is 18.9. The van der Waals surface area contributed by atoms with E-state index in [1.807, 2.05) is 6.07 Å². The standard InChI is InChI=1S/C25H28N2O6/c1-4-26(5-2)11-12-27-22(16-7-6-8-18(13-16)31-3)21(24(29)25(27)30)23(28)17-9-10-19-20(14-17)33-15-32-19/h6-10,13-14,22,28H,4-5,11-12,15H2,1-3H3/b23-21+. The SMILES string of the molecule is CCN(CC)CCN1C(=O)C(=O)/C(=C(/O)c2ccc3c(c2)OCO3)C1c1cccc(OC)c1. The molecular formula is C25H28N2O6. The zero-order valence-electron chi connectivity index (χ0n) is 19.0. The van der Waals surface area contributed by atoms with E-state index in [4.69, 9.17) is 14.2 Å². The minimum atomic E-state index is -0.735. The molecule has 0 radical (unpaired) electrons. The van der Waals surface area contributed by atoms with E-state index in [1.54, 1.807) is 43.5 Å². The lowest BCUT2D eigenvalue weighted by Crippen LogP contribution is -2.38. The van der Waals surface area contributed by atoms with Crippen LogP contribution in [0, 0.1) is 0 Å². The Hall–Kier alpha value is -3.52. The number of likely N-dealkylation sites (N-methyl/N-ethyl adjacent to an activating group) is 1. The third kappa shape index (κ3) is 4.26. The molecule has 174 valence electrons. The Labute approximate surface area is 193 Å². The van der Waals surface area contributed by atoms with Crippen molar-refractivity contribution in [2.45, 2.75) is 19.9 Å². The summed E-state index contributed by atoms with van der Waals surface area (Å²) in [6.45, 7) is 6.84. The number of Topliss-reactive ketones (excluding diaryl/α,β-unsaturated/α-hetero) is 1. The van der Waals surface area contributed by atoms with E-state index in [1.165, 1.54) is 4.90 Å². The molecule has 0 saturated carbocycles. The van der Waals surface area contributed by atoms with E-state index in [2.05, 4.69) is 18.7 Å². The highest BCUT2D eigenvalue weighted by atomic mass is 16.7. The van der Waals surface area contributed by atoms with Crippen LogP contribution in [0.5, 0.6) is 17.2 Å². The van der Waals surface area contributed by atoms with Gasteiger partial charge in [-0.3, -0.25) is 9.59 Å².